The van der Waals surface area contributed by atoms with Gasteiger partial charge < -0.3 is 14.0 Å². The van der Waals surface area contributed by atoms with Crippen LogP contribution in [0.25, 0.3) is 83.6 Å². The summed E-state index contributed by atoms with van der Waals surface area (Å²) in [5.41, 5.74) is 18.0. The Morgan fingerprint density at radius 3 is 1.82 bits per heavy atom. The van der Waals surface area contributed by atoms with E-state index in [0.717, 1.165) is 72.3 Å². The van der Waals surface area contributed by atoms with Gasteiger partial charge in [0.1, 0.15) is 5.58 Å². The molecular weight excluding hydrogens is 1040 g/mol. The van der Waals surface area contributed by atoms with Gasteiger partial charge in [0.25, 0.3) is 0 Å². The van der Waals surface area contributed by atoms with Crippen LogP contribution >= 0.6 is 0 Å². The van der Waals surface area contributed by atoms with E-state index in [0.29, 0.717) is 12.1 Å². The molecule has 0 amide bonds. The maximum atomic E-state index is 8.08. The van der Waals surface area contributed by atoms with Crippen LogP contribution in [0.5, 0.6) is 0 Å². The van der Waals surface area contributed by atoms with Gasteiger partial charge in [0, 0.05) is 37.4 Å². The second-order valence-electron chi connectivity index (χ2n) is 22.4. The van der Waals surface area contributed by atoms with Crippen molar-refractivity contribution in [2.24, 2.45) is 0 Å². The van der Waals surface area contributed by atoms with E-state index >= 15 is 0 Å². The van der Waals surface area contributed by atoms with Crippen molar-refractivity contribution in [1.29, 1.82) is 0 Å². The van der Waals surface area contributed by atoms with Gasteiger partial charge in [-0.3, -0.25) is 4.98 Å². The van der Waals surface area contributed by atoms with Gasteiger partial charge in [-0.25, -0.2) is 0 Å². The molecule has 0 atom stereocenters. The van der Waals surface area contributed by atoms with Crippen molar-refractivity contribution in [2.45, 2.75) is 118 Å². The molecule has 0 fully saturated rings. The normalized spacial score (nSPS) is 12.5. The Kier molecular flexibility index (Phi) is 13.6. The summed E-state index contributed by atoms with van der Waals surface area (Å²) in [5, 5.41) is 2.15. The van der Waals surface area contributed by atoms with Crippen LogP contribution in [-0.2, 0) is 36.4 Å². The van der Waals surface area contributed by atoms with Crippen molar-refractivity contribution in [3.05, 3.63) is 198 Å². The summed E-state index contributed by atoms with van der Waals surface area (Å²) in [6.07, 6.45) is 1.61. The summed E-state index contributed by atoms with van der Waals surface area (Å²) in [6.45, 7) is 28.6. The van der Waals surface area contributed by atoms with Gasteiger partial charge in [-0.2, -0.15) is 0 Å². The molecule has 5 heteroatoms. The second-order valence-corrected chi connectivity index (χ2v) is 22.4. The van der Waals surface area contributed by atoms with Crippen molar-refractivity contribution in [3.8, 4) is 50.6 Å². The SMILES string of the molecule is CC(C)c1cc(-c2ccc(C(C)(C)C)cc2)cc(C(C)C)c1-n1c(-c2[c-]ccc3c2oc2cc(-c4ccccc4)ccc23)nc2ccccc21.[2H]c1c[c-]c(-c2cc(C(C)(C)C)c([2H])cn2)cc1C(C)(C)C.[Ir]. The number of nitrogens with zero attached hydrogens (tertiary/aromatic N) is 3. The van der Waals surface area contributed by atoms with Crippen molar-refractivity contribution in [2.75, 3.05) is 0 Å². The average Bonchev–Trinajstić information content (AvgIpc) is 3.92. The van der Waals surface area contributed by atoms with Gasteiger partial charge in [-0.15, -0.1) is 53.6 Å². The third kappa shape index (κ3) is 10.5. The molecule has 10 rings (SSSR count). The maximum absolute atomic E-state index is 8.08. The molecule has 7 aromatic carbocycles. The van der Waals surface area contributed by atoms with Crippen LogP contribution in [0.2, 0.25) is 0 Å². The minimum absolute atomic E-state index is 0. The minimum Gasteiger partial charge on any atom is -0.501 e. The number of furan rings is 1. The predicted molar refractivity (Wildman–Crippen MR) is 296 cm³/mol. The molecule has 3 aromatic heterocycles. The maximum Gasteiger partial charge on any atom is 0.121 e. The largest absolute Gasteiger partial charge is 0.501 e. The van der Waals surface area contributed by atoms with E-state index in [1.54, 1.807) is 12.3 Å². The third-order valence-corrected chi connectivity index (χ3v) is 13.4. The molecule has 0 aliphatic rings. The average molecular weight is 1110 g/mol. The Morgan fingerprint density at radius 2 is 1.17 bits per heavy atom. The first-order valence-corrected chi connectivity index (χ1v) is 24.8. The molecule has 71 heavy (non-hydrogen) atoms. The van der Waals surface area contributed by atoms with Crippen LogP contribution in [-0.4, -0.2) is 14.5 Å². The minimum atomic E-state index is -0.100. The number of fused-ring (bicyclic) bond motifs is 4. The molecule has 10 aromatic rings. The molecule has 1 radical (unpaired) electrons. The van der Waals surface area contributed by atoms with Crippen molar-refractivity contribution in [1.82, 2.24) is 14.5 Å². The Hall–Kier alpha value is -6.39. The number of pyridine rings is 1. The van der Waals surface area contributed by atoms with Crippen LogP contribution in [0.15, 0.2) is 162 Å². The Balaban J connectivity index is 0.000000260. The first kappa shape index (κ1) is 48.2. The molecule has 0 bridgehead atoms. The molecule has 4 nitrogen and oxygen atoms in total. The van der Waals surface area contributed by atoms with E-state index in [4.69, 9.17) is 12.1 Å². The molecule has 0 aliphatic carbocycles. The van der Waals surface area contributed by atoms with E-state index in [1.165, 1.54) is 39.1 Å². The summed E-state index contributed by atoms with van der Waals surface area (Å²) in [6, 6.07) is 56.9. The number of hydrogen-bond acceptors (Lipinski definition) is 3. The summed E-state index contributed by atoms with van der Waals surface area (Å²) < 4.78 is 25.3. The van der Waals surface area contributed by atoms with Gasteiger partial charge in [0.15, 0.2) is 0 Å². The molecule has 0 aliphatic heterocycles. The Labute approximate surface area is 438 Å². The van der Waals surface area contributed by atoms with E-state index < -0.39 is 0 Å². The summed E-state index contributed by atoms with van der Waals surface area (Å²) >= 11 is 0. The quantitative estimate of drug-likeness (QED) is 0.149. The zero-order valence-electron chi connectivity index (χ0n) is 45.6. The van der Waals surface area contributed by atoms with Crippen molar-refractivity contribution < 1.29 is 27.3 Å². The summed E-state index contributed by atoms with van der Waals surface area (Å²) in [5.74, 6) is 1.38. The molecule has 0 unspecified atom stereocenters. The monoisotopic (exact) mass is 1110 g/mol. The van der Waals surface area contributed by atoms with E-state index in [1.807, 2.05) is 24.3 Å². The molecule has 3 heterocycles. The fourth-order valence-electron chi connectivity index (χ4n) is 9.25. The number of hydrogen-bond donors (Lipinski definition) is 0. The van der Waals surface area contributed by atoms with Gasteiger partial charge in [0.05, 0.1) is 23.8 Å². The fraction of sp³-hybridized carbons (Fsp3) is 0.273. The zero-order chi connectivity index (χ0) is 51.4. The number of benzene rings is 7. The number of imidazole rings is 1. The van der Waals surface area contributed by atoms with Crippen LogP contribution in [0, 0.1) is 12.1 Å². The molecule has 0 N–H and O–H groups in total. The topological polar surface area (TPSA) is 43.9 Å². The zero-order valence-corrected chi connectivity index (χ0v) is 46.0. The van der Waals surface area contributed by atoms with Gasteiger partial charge in [0.2, 0.25) is 0 Å². The Morgan fingerprint density at radius 1 is 0.563 bits per heavy atom. The van der Waals surface area contributed by atoms with E-state index in [-0.39, 0.29) is 48.2 Å². The summed E-state index contributed by atoms with van der Waals surface area (Å²) in [7, 11) is 0. The number of para-hydroxylation sites is 2. The van der Waals surface area contributed by atoms with Gasteiger partial charge in [-0.05, 0) is 116 Å². The molecule has 0 saturated carbocycles. The predicted octanol–water partition coefficient (Wildman–Crippen LogP) is 18.4. The number of rotatable bonds is 7. The first-order chi connectivity index (χ1) is 34.1. The van der Waals surface area contributed by atoms with Crippen LogP contribution in [0.4, 0.5) is 0 Å². The van der Waals surface area contributed by atoms with Crippen molar-refractivity contribution in [3.63, 3.8) is 0 Å². The van der Waals surface area contributed by atoms with Gasteiger partial charge in [-0.1, -0.05) is 186 Å². The smallest absolute Gasteiger partial charge is 0.121 e. The molecule has 363 valence electrons. The molecular formula is C66H67IrN3O-2. The standard InChI is InChI=1S/C47H43N2O.C19H24N.Ir/c1-29(2)39-26-34(32-20-23-35(24-21-32)47(5,6)7)27-40(30(3)4)44(39)49-42-19-12-11-18-41(42)48-46(49)38-17-13-16-37-36-25-22-33(28-43(36)50-45(37)38)31-14-9-8-10-15-31;1-18(2,3)15-9-7-8-14(12-15)17-13-16(10-11-20-17)19(4,5)6;/h8-16,18-30H,1-7H3;7,9-13H,1-6H3;/q2*-1;/i;9D,10D;. The van der Waals surface area contributed by atoms with Gasteiger partial charge >= 0.3 is 0 Å². The van der Waals surface area contributed by atoms with Crippen LogP contribution < -0.4 is 0 Å². The molecule has 0 saturated heterocycles. The number of aromatic nitrogens is 3. The van der Waals surface area contributed by atoms with E-state index in [9.17, 15) is 0 Å². The summed E-state index contributed by atoms with van der Waals surface area (Å²) in [4.78, 5) is 9.73. The Bertz CT molecular complexity index is 3510. The van der Waals surface area contributed by atoms with E-state index in [2.05, 4.69) is 221 Å². The first-order valence-electron chi connectivity index (χ1n) is 25.8. The van der Waals surface area contributed by atoms with Crippen LogP contribution in [0.3, 0.4) is 0 Å². The van der Waals surface area contributed by atoms with Crippen LogP contribution in [0.1, 0.15) is 132 Å². The van der Waals surface area contributed by atoms with Crippen molar-refractivity contribution >= 4 is 33.0 Å². The third-order valence-electron chi connectivity index (χ3n) is 13.4. The molecule has 0 spiro atoms. The fourth-order valence-corrected chi connectivity index (χ4v) is 9.25. The second kappa shape index (κ2) is 20.0.